The molecule has 2 rings (SSSR count). The van der Waals surface area contributed by atoms with Crippen molar-refractivity contribution in [2.24, 2.45) is 0 Å². The minimum Gasteiger partial charge on any atom is -0.493 e. The number of benzene rings is 2. The van der Waals surface area contributed by atoms with E-state index < -0.39 is 15.4 Å². The molecule has 0 aliphatic heterocycles. The Bertz CT molecular complexity index is 850. The predicted octanol–water partition coefficient (Wildman–Crippen LogP) is 3.61. The van der Waals surface area contributed by atoms with Gasteiger partial charge in [-0.15, -0.1) is 0 Å². The van der Waals surface area contributed by atoms with Gasteiger partial charge in [-0.3, -0.25) is 0 Å². The summed E-state index contributed by atoms with van der Waals surface area (Å²) in [6, 6.07) is 11.7. The number of ether oxygens (including phenoxy) is 2. The molecule has 0 aromatic heterocycles. The molecular formula is C18H22ClNO4S. The van der Waals surface area contributed by atoms with Gasteiger partial charge in [-0.05, 0) is 35.9 Å². The summed E-state index contributed by atoms with van der Waals surface area (Å²) in [6.07, 6.45) is 0. The third-order valence-electron chi connectivity index (χ3n) is 3.98. The Kier molecular flexibility index (Phi) is 5.98. The quantitative estimate of drug-likeness (QED) is 0.793. The second-order valence-electron chi connectivity index (χ2n) is 6.24. The molecule has 2 aromatic carbocycles. The van der Waals surface area contributed by atoms with Crippen molar-refractivity contribution < 1.29 is 17.9 Å². The SMILES string of the molecule is COc1ccc(C(C)(C)CNS(=O)(=O)c2cccc(Cl)c2)cc1OC. The number of nitrogens with one attached hydrogen (secondary N) is 1. The largest absolute Gasteiger partial charge is 0.493 e. The van der Waals surface area contributed by atoms with E-state index in [0.717, 1.165) is 5.56 Å². The minimum atomic E-state index is -3.64. The third-order valence-corrected chi connectivity index (χ3v) is 5.61. The highest BCUT2D eigenvalue weighted by atomic mass is 35.5. The lowest BCUT2D eigenvalue weighted by molar-refractivity contribution is 0.353. The molecule has 0 aliphatic carbocycles. The highest BCUT2D eigenvalue weighted by Crippen LogP contribution is 2.33. The van der Waals surface area contributed by atoms with Crippen molar-refractivity contribution in [1.29, 1.82) is 0 Å². The molecule has 0 atom stereocenters. The van der Waals surface area contributed by atoms with Gasteiger partial charge in [0.2, 0.25) is 10.0 Å². The van der Waals surface area contributed by atoms with Crippen LogP contribution >= 0.6 is 11.6 Å². The highest BCUT2D eigenvalue weighted by molar-refractivity contribution is 7.89. The summed E-state index contributed by atoms with van der Waals surface area (Å²) in [5.41, 5.74) is 0.476. The summed E-state index contributed by atoms with van der Waals surface area (Å²) in [6.45, 7) is 4.13. The molecule has 0 amide bonds. The Hall–Kier alpha value is -1.76. The summed E-state index contributed by atoms with van der Waals surface area (Å²) in [7, 11) is -0.506. The van der Waals surface area contributed by atoms with E-state index in [-0.39, 0.29) is 11.4 Å². The van der Waals surface area contributed by atoms with Crippen molar-refractivity contribution in [3.63, 3.8) is 0 Å². The molecule has 2 aromatic rings. The van der Waals surface area contributed by atoms with E-state index in [9.17, 15) is 8.42 Å². The molecule has 0 unspecified atom stereocenters. The first-order valence-corrected chi connectivity index (χ1v) is 9.53. The first kappa shape index (κ1) is 19.6. The predicted molar refractivity (Wildman–Crippen MR) is 99.2 cm³/mol. The standard InChI is InChI=1S/C18H22ClNO4S/c1-18(2,13-8-9-16(23-3)17(10-13)24-4)12-20-25(21,22)15-7-5-6-14(19)11-15/h5-11,20H,12H2,1-4H3. The van der Waals surface area contributed by atoms with E-state index >= 15 is 0 Å². The summed E-state index contributed by atoms with van der Waals surface area (Å²) >= 11 is 5.88. The molecule has 136 valence electrons. The maximum Gasteiger partial charge on any atom is 0.240 e. The fourth-order valence-corrected chi connectivity index (χ4v) is 3.86. The Labute approximate surface area is 154 Å². The normalized spacial score (nSPS) is 12.0. The number of hydrogen-bond acceptors (Lipinski definition) is 4. The van der Waals surface area contributed by atoms with E-state index in [1.54, 1.807) is 32.4 Å². The number of hydrogen-bond donors (Lipinski definition) is 1. The molecule has 0 saturated heterocycles. The average Bonchev–Trinajstić information content (AvgIpc) is 2.59. The average molecular weight is 384 g/mol. The molecule has 0 spiro atoms. The lowest BCUT2D eigenvalue weighted by Gasteiger charge is -2.26. The Morgan fingerprint density at radius 1 is 1.04 bits per heavy atom. The summed E-state index contributed by atoms with van der Waals surface area (Å²) in [4.78, 5) is 0.142. The van der Waals surface area contributed by atoms with Gasteiger partial charge in [-0.1, -0.05) is 37.6 Å². The van der Waals surface area contributed by atoms with Crippen LogP contribution in [-0.4, -0.2) is 29.2 Å². The van der Waals surface area contributed by atoms with Crippen molar-refractivity contribution in [1.82, 2.24) is 4.72 Å². The fraction of sp³-hybridized carbons (Fsp3) is 0.333. The van der Waals surface area contributed by atoms with Gasteiger partial charge >= 0.3 is 0 Å². The van der Waals surface area contributed by atoms with Crippen LogP contribution in [0, 0.1) is 0 Å². The fourth-order valence-electron chi connectivity index (χ4n) is 2.35. The molecule has 7 heteroatoms. The first-order chi connectivity index (χ1) is 11.7. The van der Waals surface area contributed by atoms with Crippen molar-refractivity contribution in [2.75, 3.05) is 20.8 Å². The number of halogens is 1. The molecule has 0 bridgehead atoms. The van der Waals surface area contributed by atoms with Crippen LogP contribution in [0.4, 0.5) is 0 Å². The smallest absolute Gasteiger partial charge is 0.240 e. The van der Waals surface area contributed by atoms with E-state index in [4.69, 9.17) is 21.1 Å². The summed E-state index contributed by atoms with van der Waals surface area (Å²) < 4.78 is 38.2. The van der Waals surface area contributed by atoms with Crippen LogP contribution in [-0.2, 0) is 15.4 Å². The second-order valence-corrected chi connectivity index (χ2v) is 8.44. The van der Waals surface area contributed by atoms with Crippen molar-refractivity contribution in [3.05, 3.63) is 53.1 Å². The Morgan fingerprint density at radius 2 is 1.72 bits per heavy atom. The zero-order chi connectivity index (χ0) is 18.7. The maximum absolute atomic E-state index is 12.5. The second kappa shape index (κ2) is 7.64. The van der Waals surface area contributed by atoms with Gasteiger partial charge in [-0.25, -0.2) is 13.1 Å². The highest BCUT2D eigenvalue weighted by Gasteiger charge is 2.25. The topological polar surface area (TPSA) is 64.6 Å². The molecule has 0 aliphatic rings. The van der Waals surface area contributed by atoms with Crippen LogP contribution in [0.5, 0.6) is 11.5 Å². The van der Waals surface area contributed by atoms with E-state index in [1.165, 1.54) is 12.1 Å². The van der Waals surface area contributed by atoms with Gasteiger partial charge in [0, 0.05) is 17.0 Å². The first-order valence-electron chi connectivity index (χ1n) is 7.67. The number of methoxy groups -OCH3 is 2. The zero-order valence-electron chi connectivity index (χ0n) is 14.7. The van der Waals surface area contributed by atoms with E-state index in [2.05, 4.69) is 4.72 Å². The molecule has 1 N–H and O–H groups in total. The van der Waals surface area contributed by atoms with Crippen LogP contribution in [0.1, 0.15) is 19.4 Å². The summed E-state index contributed by atoms with van der Waals surface area (Å²) in [5.74, 6) is 1.23. The van der Waals surface area contributed by atoms with Crippen LogP contribution in [0.25, 0.3) is 0 Å². The van der Waals surface area contributed by atoms with Gasteiger partial charge in [-0.2, -0.15) is 0 Å². The van der Waals surface area contributed by atoms with Crippen molar-refractivity contribution >= 4 is 21.6 Å². The Balaban J connectivity index is 2.21. The molecule has 0 heterocycles. The van der Waals surface area contributed by atoms with Crippen LogP contribution in [0.2, 0.25) is 5.02 Å². The third kappa shape index (κ3) is 4.66. The van der Waals surface area contributed by atoms with Crippen LogP contribution in [0.3, 0.4) is 0 Å². The van der Waals surface area contributed by atoms with Gasteiger partial charge in [0.05, 0.1) is 19.1 Å². The summed E-state index contributed by atoms with van der Waals surface area (Å²) in [5, 5.41) is 0.377. The number of rotatable bonds is 7. The van der Waals surface area contributed by atoms with Gasteiger partial charge < -0.3 is 9.47 Å². The van der Waals surface area contributed by atoms with E-state index in [1.807, 2.05) is 26.0 Å². The molecule has 0 radical (unpaired) electrons. The molecule has 25 heavy (non-hydrogen) atoms. The lowest BCUT2D eigenvalue weighted by Crippen LogP contribution is -2.36. The van der Waals surface area contributed by atoms with Crippen molar-refractivity contribution in [2.45, 2.75) is 24.2 Å². The Morgan fingerprint density at radius 3 is 2.32 bits per heavy atom. The van der Waals surface area contributed by atoms with E-state index in [0.29, 0.717) is 16.5 Å². The zero-order valence-corrected chi connectivity index (χ0v) is 16.2. The van der Waals surface area contributed by atoms with Crippen LogP contribution in [0.15, 0.2) is 47.4 Å². The number of sulfonamides is 1. The maximum atomic E-state index is 12.5. The van der Waals surface area contributed by atoms with Gasteiger partial charge in [0.15, 0.2) is 11.5 Å². The molecular weight excluding hydrogens is 362 g/mol. The molecule has 0 fully saturated rings. The van der Waals surface area contributed by atoms with Gasteiger partial charge in [0.25, 0.3) is 0 Å². The van der Waals surface area contributed by atoms with Crippen LogP contribution < -0.4 is 14.2 Å². The monoisotopic (exact) mass is 383 g/mol. The lowest BCUT2D eigenvalue weighted by atomic mass is 9.85. The van der Waals surface area contributed by atoms with Gasteiger partial charge in [0.1, 0.15) is 0 Å². The minimum absolute atomic E-state index is 0.142. The molecule has 5 nitrogen and oxygen atoms in total. The van der Waals surface area contributed by atoms with Crippen molar-refractivity contribution in [3.8, 4) is 11.5 Å². The molecule has 0 saturated carbocycles.